The second-order valence-corrected chi connectivity index (χ2v) is 34.3. The van der Waals surface area contributed by atoms with Crippen LogP contribution in [0.3, 0.4) is 0 Å². The zero-order valence-electron chi connectivity index (χ0n) is 35.3. The van der Waals surface area contributed by atoms with Gasteiger partial charge in [0.25, 0.3) is 0 Å². The van der Waals surface area contributed by atoms with E-state index >= 15 is 0 Å². The average molecular weight is 790 g/mol. The maximum atomic E-state index is 5.58. The van der Waals surface area contributed by atoms with Gasteiger partial charge in [0.15, 0.2) is 0 Å². The maximum absolute atomic E-state index is 5.58. The third-order valence-electron chi connectivity index (χ3n) is 14.1. The average Bonchev–Trinajstić information content (AvgIpc) is 3.85. The van der Waals surface area contributed by atoms with Crippen LogP contribution in [0.15, 0.2) is 91.0 Å². The van der Waals surface area contributed by atoms with Gasteiger partial charge in [-0.2, -0.15) is 0 Å². The van der Waals surface area contributed by atoms with Crippen molar-refractivity contribution in [3.05, 3.63) is 91.0 Å². The Kier molecular flexibility index (Phi) is 7.90. The predicted molar refractivity (Wildman–Crippen MR) is 235 cm³/mol. The van der Waals surface area contributed by atoms with Gasteiger partial charge in [-0.3, -0.25) is 0 Å². The van der Waals surface area contributed by atoms with E-state index in [0.29, 0.717) is 34.6 Å². The van der Waals surface area contributed by atoms with Crippen LogP contribution in [-0.2, 0) is 15.3 Å². The van der Waals surface area contributed by atoms with Crippen molar-refractivity contribution in [2.75, 3.05) is 0 Å². The Morgan fingerprint density at radius 2 is 0.667 bits per heavy atom. The van der Waals surface area contributed by atoms with Gasteiger partial charge in [-0.25, -0.2) is 0 Å². The Hall–Kier alpha value is -5.05. The molecule has 4 aromatic carbocycles. The summed E-state index contributed by atoms with van der Waals surface area (Å²) >= 11 is -4.42. The Morgan fingerprint density at radius 3 is 1.05 bits per heavy atom. The quantitative estimate of drug-likeness (QED) is 0.160. The number of aromatic nitrogens is 8. The van der Waals surface area contributed by atoms with E-state index in [2.05, 4.69) is 148 Å². The van der Waals surface area contributed by atoms with Crippen LogP contribution in [-0.4, -0.2) is 39.9 Å². The normalized spacial score (nSPS) is 14.4. The number of H-pyrrole nitrogens is 2. The number of aromatic amines is 2. The molecule has 0 aliphatic carbocycles. The summed E-state index contributed by atoms with van der Waals surface area (Å²) in [5, 5.41) is 4.06. The molecule has 2 aliphatic rings. The summed E-state index contributed by atoms with van der Waals surface area (Å²) < 4.78 is 1.14. The fourth-order valence-corrected chi connectivity index (χ4v) is 42.4. The van der Waals surface area contributed by atoms with Gasteiger partial charge in [-0.05, 0) is 0 Å². The van der Waals surface area contributed by atoms with Crippen LogP contribution in [0.5, 0.6) is 0 Å². The monoisotopic (exact) mass is 789 g/mol. The summed E-state index contributed by atoms with van der Waals surface area (Å²) in [4.78, 5) is 39.2. The summed E-state index contributed by atoms with van der Waals surface area (Å²) in [6, 6.07) is 31.6. The molecule has 289 valence electrons. The number of rotatable bonds is 1. The van der Waals surface area contributed by atoms with E-state index in [-0.39, 0.29) is 14.9 Å². The van der Waals surface area contributed by atoms with Gasteiger partial charge in [0.1, 0.15) is 0 Å². The standard InChI is InChI=1S/C32H17N8.4C4H9.Ti/c1-2-10-18-17(9-1)25-33-26(18)38-28-21-13-5-6-14-22(21)30(35-28)40-32-24-16-8-7-15-23(24)31(36-32)39-29-20-12-4-3-11-19(20)27(34-29)37-25;4*1-4(2)3;/h1-15H,(H2,33,34,35,36,37,38,39,40);4*1-3H3;. The van der Waals surface area contributed by atoms with Crippen molar-refractivity contribution in [2.24, 2.45) is 0 Å². The summed E-state index contributed by atoms with van der Waals surface area (Å²) in [6.45, 7) is 30.2. The first-order chi connectivity index (χ1) is 26.8. The summed E-state index contributed by atoms with van der Waals surface area (Å²) in [5.74, 6) is 2.43. The van der Waals surface area contributed by atoms with E-state index in [1.54, 1.807) is 0 Å². The Bertz CT molecular complexity index is 2910. The molecule has 0 fully saturated rings. The minimum atomic E-state index is -4.42. The van der Waals surface area contributed by atoms with Gasteiger partial charge >= 0.3 is 332 Å². The molecule has 0 amide bonds. The number of hydrogen-bond donors (Lipinski definition) is 2. The summed E-state index contributed by atoms with van der Waals surface area (Å²) in [6.07, 6.45) is 0. The molecule has 3 aromatic heterocycles. The minimum absolute atomic E-state index is 0.0734. The van der Waals surface area contributed by atoms with Crippen LogP contribution < -0.4 is 3.87 Å². The van der Waals surface area contributed by atoms with Crippen LogP contribution in [0.2, 0.25) is 14.9 Å². The molecule has 0 atom stereocenters. The van der Waals surface area contributed by atoms with Crippen LogP contribution in [0.4, 0.5) is 0 Å². The predicted octanol–water partition coefficient (Wildman–Crippen LogP) is 13.1. The first-order valence-corrected chi connectivity index (χ1v) is 24.1. The van der Waals surface area contributed by atoms with Gasteiger partial charge in [-0.1, -0.05) is 6.07 Å². The molecule has 5 heterocycles. The van der Waals surface area contributed by atoms with Crippen molar-refractivity contribution < 1.29 is 15.3 Å². The molecule has 9 rings (SSSR count). The molecular formula is C48H53N8Ti. The first-order valence-electron chi connectivity index (χ1n) is 20.2. The van der Waals surface area contributed by atoms with Crippen LogP contribution in [0, 0.1) is 0 Å². The number of hydrogen-bond acceptors (Lipinski definition) is 6. The second-order valence-electron chi connectivity index (χ2n) is 20.2. The van der Waals surface area contributed by atoms with Crippen molar-refractivity contribution in [2.45, 2.75) is 98.0 Å². The van der Waals surface area contributed by atoms with Gasteiger partial charge in [0.2, 0.25) is 0 Å². The van der Waals surface area contributed by atoms with E-state index in [1.807, 2.05) is 36.4 Å². The van der Waals surface area contributed by atoms with E-state index < -0.39 is 15.3 Å². The van der Waals surface area contributed by atoms with Crippen molar-refractivity contribution in [1.82, 2.24) is 39.9 Å². The SMILES string of the molecule is C[C](C)(C)[Ti]([c]1cccc2c3nc4nc(nc5[nH]c(nc6nc(nc([nH]3)c12)-c1ccccc1-6)c1ccccc51)-c1ccccc1-4)([C](C)(C)C)([C](C)(C)C)[C](C)(C)C. The molecule has 8 bridgehead atoms. The molecule has 57 heavy (non-hydrogen) atoms. The van der Waals surface area contributed by atoms with Gasteiger partial charge in [0, 0.05) is 0 Å². The third-order valence-corrected chi connectivity index (χ3v) is 35.2. The molecule has 2 N–H and O–H groups in total. The molecule has 0 saturated heterocycles. The molecular weight excluding hydrogens is 736 g/mol. The fourth-order valence-electron chi connectivity index (χ4n) is 14.5. The molecule has 8 nitrogen and oxygen atoms in total. The summed E-state index contributed by atoms with van der Waals surface area (Å²) in [5.41, 5.74) is 6.59. The fraction of sp³-hybridized carbons (Fsp3) is 0.333. The molecule has 9 heteroatoms. The molecule has 0 saturated carbocycles. The van der Waals surface area contributed by atoms with Crippen molar-refractivity contribution in [3.8, 4) is 45.6 Å². The van der Waals surface area contributed by atoms with E-state index in [1.165, 1.54) is 3.87 Å². The first kappa shape index (κ1) is 37.5. The molecule has 0 spiro atoms. The van der Waals surface area contributed by atoms with Crippen molar-refractivity contribution in [3.63, 3.8) is 0 Å². The van der Waals surface area contributed by atoms with E-state index in [9.17, 15) is 0 Å². The van der Waals surface area contributed by atoms with Crippen LogP contribution in [0.1, 0.15) is 83.1 Å². The van der Waals surface area contributed by atoms with E-state index in [4.69, 9.17) is 29.9 Å². The van der Waals surface area contributed by atoms with Crippen molar-refractivity contribution in [1.29, 1.82) is 0 Å². The zero-order valence-corrected chi connectivity index (χ0v) is 36.9. The molecule has 7 aromatic rings. The van der Waals surface area contributed by atoms with Gasteiger partial charge in [0.05, 0.1) is 0 Å². The van der Waals surface area contributed by atoms with E-state index in [0.717, 1.165) is 55.1 Å². The zero-order chi connectivity index (χ0) is 40.5. The molecule has 0 radical (unpaired) electrons. The topological polar surface area (TPSA) is 109 Å². The number of nitrogens with zero attached hydrogens (tertiary/aromatic N) is 6. The Balaban J connectivity index is 1.57. The molecule has 2 aliphatic heterocycles. The Morgan fingerprint density at radius 1 is 0.351 bits per heavy atom. The second kappa shape index (κ2) is 12.0. The van der Waals surface area contributed by atoms with Crippen molar-refractivity contribution >= 4 is 48.0 Å². The summed E-state index contributed by atoms with van der Waals surface area (Å²) in [7, 11) is 0. The Labute approximate surface area is 336 Å². The molecule has 0 unspecified atom stereocenters. The van der Waals surface area contributed by atoms with Gasteiger partial charge < -0.3 is 0 Å². The third kappa shape index (κ3) is 4.66. The van der Waals surface area contributed by atoms with Crippen LogP contribution >= 0.6 is 0 Å². The number of fused-ring (bicyclic) bond motifs is 20. The van der Waals surface area contributed by atoms with Crippen LogP contribution in [0.25, 0.3) is 89.7 Å². The number of nitrogens with one attached hydrogen (secondary N) is 2. The van der Waals surface area contributed by atoms with Gasteiger partial charge in [-0.15, -0.1) is 0 Å². The number of benzene rings is 4.